The Labute approximate surface area is 179 Å². The normalized spacial score (nSPS) is 12.1. The first-order chi connectivity index (χ1) is 14.7. The molecule has 0 heterocycles. The quantitative estimate of drug-likeness (QED) is 0.246. The summed E-state index contributed by atoms with van der Waals surface area (Å²) in [7, 11) is 0. The van der Waals surface area contributed by atoms with E-state index in [0.717, 1.165) is 24.2 Å². The molecule has 1 nitrogen and oxygen atoms in total. The molecule has 0 amide bonds. The van der Waals surface area contributed by atoms with Crippen LogP contribution in [-0.2, 0) is 0 Å². The van der Waals surface area contributed by atoms with Crippen LogP contribution in [0.1, 0.15) is 31.7 Å². The number of hydrogen-bond donors (Lipinski definition) is 0. The van der Waals surface area contributed by atoms with Crippen molar-refractivity contribution in [3.8, 4) is 28.0 Å². The molecule has 0 N–H and O–H groups in total. The van der Waals surface area contributed by atoms with Gasteiger partial charge in [-0.05, 0) is 66.1 Å². The molecule has 0 aliphatic rings. The Balaban J connectivity index is 1.60. The lowest BCUT2D eigenvalue weighted by atomic mass is 9.99. The smallest absolute Gasteiger partial charge is 0.119 e. The van der Waals surface area contributed by atoms with Crippen LogP contribution in [0.15, 0.2) is 91.5 Å². The average molecular weight is 401 g/mol. The first-order valence-electron chi connectivity index (χ1n) is 10.5. The fraction of sp³-hybridized carbons (Fsp3) is 0.214. The van der Waals surface area contributed by atoms with Gasteiger partial charge in [-0.15, -0.1) is 0 Å². The number of alkyl halides is 1. The minimum Gasteiger partial charge on any atom is -0.490 e. The van der Waals surface area contributed by atoms with E-state index in [1.807, 2.05) is 12.1 Å². The minimum atomic E-state index is -0.709. The highest BCUT2D eigenvalue weighted by Gasteiger charge is 2.02. The summed E-state index contributed by atoms with van der Waals surface area (Å²) in [6.45, 7) is 5.80. The maximum atomic E-state index is 12.8. The molecule has 0 saturated carbocycles. The molecule has 1 atom stereocenters. The highest BCUT2D eigenvalue weighted by atomic mass is 19.1. The van der Waals surface area contributed by atoms with Crippen LogP contribution in [0.4, 0.5) is 4.39 Å². The van der Waals surface area contributed by atoms with E-state index in [1.165, 1.54) is 22.3 Å². The molecule has 3 aromatic rings. The van der Waals surface area contributed by atoms with Crippen LogP contribution in [0.25, 0.3) is 28.3 Å². The van der Waals surface area contributed by atoms with Gasteiger partial charge in [-0.3, -0.25) is 0 Å². The molecule has 0 bridgehead atoms. The van der Waals surface area contributed by atoms with Gasteiger partial charge in [0.1, 0.15) is 12.4 Å². The van der Waals surface area contributed by atoms with Crippen molar-refractivity contribution in [1.29, 1.82) is 0 Å². The van der Waals surface area contributed by atoms with Gasteiger partial charge in [-0.25, -0.2) is 4.39 Å². The molecule has 0 aliphatic heterocycles. The summed E-state index contributed by atoms with van der Waals surface area (Å²) >= 11 is 0. The third kappa shape index (κ3) is 6.45. The molecule has 0 aromatic heterocycles. The van der Waals surface area contributed by atoms with Gasteiger partial charge in [0.25, 0.3) is 0 Å². The van der Waals surface area contributed by atoms with Crippen molar-refractivity contribution in [3.63, 3.8) is 0 Å². The predicted molar refractivity (Wildman–Crippen MR) is 126 cm³/mol. The van der Waals surface area contributed by atoms with Crippen LogP contribution in [0.5, 0.6) is 5.75 Å². The van der Waals surface area contributed by atoms with E-state index in [9.17, 15) is 4.39 Å². The van der Waals surface area contributed by atoms with Crippen molar-refractivity contribution in [2.75, 3.05) is 6.61 Å². The van der Waals surface area contributed by atoms with E-state index in [1.54, 1.807) is 13.0 Å². The number of allylic oxidation sites excluding steroid dienone is 1. The molecule has 0 aliphatic carbocycles. The number of unbranched alkanes of at least 4 members (excludes halogenated alkanes) is 1. The Bertz CT molecular complexity index is 935. The van der Waals surface area contributed by atoms with Crippen LogP contribution >= 0.6 is 0 Å². The summed E-state index contributed by atoms with van der Waals surface area (Å²) in [5.41, 5.74) is 5.89. The zero-order valence-corrected chi connectivity index (χ0v) is 17.6. The highest BCUT2D eigenvalue weighted by molar-refractivity contribution is 5.71. The van der Waals surface area contributed by atoms with Crippen molar-refractivity contribution >= 4 is 6.08 Å². The molecule has 3 rings (SSSR count). The van der Waals surface area contributed by atoms with Crippen LogP contribution in [0.3, 0.4) is 0 Å². The molecule has 154 valence electrons. The second-order valence-corrected chi connectivity index (χ2v) is 7.44. The highest BCUT2D eigenvalue weighted by Crippen LogP contribution is 2.26. The Morgan fingerprint density at radius 1 is 0.833 bits per heavy atom. The summed E-state index contributed by atoms with van der Waals surface area (Å²) in [6, 6.07) is 25.2. The molecule has 0 fully saturated rings. The Morgan fingerprint density at radius 3 is 1.83 bits per heavy atom. The Morgan fingerprint density at radius 2 is 1.33 bits per heavy atom. The number of ether oxygens (including phenoxy) is 1. The minimum absolute atomic E-state index is 0.515. The van der Waals surface area contributed by atoms with E-state index in [4.69, 9.17) is 4.74 Å². The van der Waals surface area contributed by atoms with Gasteiger partial charge < -0.3 is 4.74 Å². The number of halogens is 1. The maximum absolute atomic E-state index is 12.8. The van der Waals surface area contributed by atoms with Crippen molar-refractivity contribution in [2.45, 2.75) is 32.4 Å². The Kier molecular flexibility index (Phi) is 8.02. The SMILES string of the molecule is C=CCOc1ccc(-c2ccc(-c3ccc(/C=C/CCCC(C)F)cc3)cc2)cc1. The molecule has 3 aromatic carbocycles. The van der Waals surface area contributed by atoms with Crippen molar-refractivity contribution in [3.05, 3.63) is 97.1 Å². The second-order valence-electron chi connectivity index (χ2n) is 7.44. The molecule has 30 heavy (non-hydrogen) atoms. The predicted octanol–water partition coefficient (Wildman–Crippen LogP) is 8.13. The molecule has 0 spiro atoms. The van der Waals surface area contributed by atoms with Crippen molar-refractivity contribution < 1.29 is 9.13 Å². The third-order valence-corrected chi connectivity index (χ3v) is 4.97. The fourth-order valence-electron chi connectivity index (χ4n) is 3.28. The molecular weight excluding hydrogens is 371 g/mol. The summed E-state index contributed by atoms with van der Waals surface area (Å²) in [5, 5.41) is 0. The zero-order chi connectivity index (χ0) is 21.2. The van der Waals surface area contributed by atoms with Crippen LogP contribution in [0, 0.1) is 0 Å². The lowest BCUT2D eigenvalue weighted by Crippen LogP contribution is -1.92. The zero-order valence-electron chi connectivity index (χ0n) is 17.6. The summed E-state index contributed by atoms with van der Waals surface area (Å²) in [4.78, 5) is 0. The Hall–Kier alpha value is -3.13. The number of benzene rings is 3. The van der Waals surface area contributed by atoms with Crippen LogP contribution in [-0.4, -0.2) is 12.8 Å². The van der Waals surface area contributed by atoms with Crippen LogP contribution in [0.2, 0.25) is 0 Å². The van der Waals surface area contributed by atoms with Gasteiger partial charge in [0.05, 0.1) is 6.17 Å². The topological polar surface area (TPSA) is 9.23 Å². The number of rotatable bonds is 10. The van der Waals surface area contributed by atoms with Gasteiger partial charge in [-0.2, -0.15) is 0 Å². The van der Waals surface area contributed by atoms with Crippen molar-refractivity contribution in [2.24, 2.45) is 0 Å². The lowest BCUT2D eigenvalue weighted by Gasteiger charge is -2.07. The molecule has 2 heteroatoms. The summed E-state index contributed by atoms with van der Waals surface area (Å²) in [5.74, 6) is 0.849. The fourth-order valence-corrected chi connectivity index (χ4v) is 3.28. The van der Waals surface area contributed by atoms with Gasteiger partial charge in [0.2, 0.25) is 0 Å². The molecule has 1 unspecified atom stereocenters. The first-order valence-corrected chi connectivity index (χ1v) is 10.5. The number of hydrogen-bond acceptors (Lipinski definition) is 1. The molecule has 0 saturated heterocycles. The van der Waals surface area contributed by atoms with E-state index < -0.39 is 6.17 Å². The largest absolute Gasteiger partial charge is 0.490 e. The monoisotopic (exact) mass is 400 g/mol. The molecule has 0 radical (unpaired) electrons. The first kappa shape index (κ1) is 21.6. The average Bonchev–Trinajstić information content (AvgIpc) is 2.78. The van der Waals surface area contributed by atoms with E-state index in [2.05, 4.69) is 79.4 Å². The van der Waals surface area contributed by atoms with E-state index in [-0.39, 0.29) is 0 Å². The summed E-state index contributed by atoms with van der Waals surface area (Å²) in [6.07, 6.45) is 7.71. The van der Waals surface area contributed by atoms with Gasteiger partial charge in [-0.1, -0.05) is 85.5 Å². The standard InChI is InChI=1S/C28H29FO/c1-3-21-30-28-19-17-27(18-20-28)26-15-13-25(14-16-26)24-11-9-23(10-12-24)8-6-4-5-7-22(2)29/h3,6,8-20,22H,1,4-5,7,21H2,2H3/b8-6+. The van der Waals surface area contributed by atoms with Crippen LogP contribution < -0.4 is 4.74 Å². The van der Waals surface area contributed by atoms with E-state index in [0.29, 0.717) is 13.0 Å². The lowest BCUT2D eigenvalue weighted by molar-refractivity contribution is 0.335. The van der Waals surface area contributed by atoms with Crippen molar-refractivity contribution in [1.82, 2.24) is 0 Å². The third-order valence-electron chi connectivity index (χ3n) is 4.97. The van der Waals surface area contributed by atoms with Gasteiger partial charge in [0, 0.05) is 0 Å². The summed E-state index contributed by atoms with van der Waals surface area (Å²) < 4.78 is 18.3. The van der Waals surface area contributed by atoms with E-state index >= 15 is 0 Å². The van der Waals surface area contributed by atoms with Gasteiger partial charge in [0.15, 0.2) is 0 Å². The molecular formula is C28H29FO. The maximum Gasteiger partial charge on any atom is 0.119 e. The van der Waals surface area contributed by atoms with Gasteiger partial charge >= 0.3 is 0 Å². The second kappa shape index (κ2) is 11.2.